The summed E-state index contributed by atoms with van der Waals surface area (Å²) in [5.74, 6) is -0.00415. The number of carbonyl (C=O) groups excluding carboxylic acids is 2. The van der Waals surface area contributed by atoms with Gasteiger partial charge in [0.1, 0.15) is 0 Å². The third-order valence-corrected chi connectivity index (χ3v) is 6.41. The van der Waals surface area contributed by atoms with Crippen LogP contribution in [0.4, 0.5) is 10.8 Å². The molecule has 2 heterocycles. The van der Waals surface area contributed by atoms with Crippen molar-refractivity contribution in [2.45, 2.75) is 24.6 Å². The molecule has 0 unspecified atom stereocenters. The predicted molar refractivity (Wildman–Crippen MR) is 112 cm³/mol. The average Bonchev–Trinajstić information content (AvgIpc) is 3.28. The molecule has 0 radical (unpaired) electrons. The Morgan fingerprint density at radius 2 is 1.96 bits per heavy atom. The minimum Gasteiger partial charge on any atom is -0.325 e. The van der Waals surface area contributed by atoms with Crippen LogP contribution >= 0.6 is 34.4 Å². The van der Waals surface area contributed by atoms with Gasteiger partial charge in [-0.1, -0.05) is 41.3 Å². The Morgan fingerprint density at radius 3 is 2.74 bits per heavy atom. The van der Waals surface area contributed by atoms with Crippen LogP contribution in [0.25, 0.3) is 0 Å². The largest absolute Gasteiger partial charge is 0.325 e. The van der Waals surface area contributed by atoms with Crippen LogP contribution in [-0.4, -0.2) is 27.8 Å². The van der Waals surface area contributed by atoms with Crippen molar-refractivity contribution in [3.05, 3.63) is 51.7 Å². The molecule has 2 aromatic heterocycles. The van der Waals surface area contributed by atoms with Gasteiger partial charge in [0, 0.05) is 10.6 Å². The smallest absolute Gasteiger partial charge is 0.234 e. The fourth-order valence-corrected chi connectivity index (χ4v) is 4.51. The molecule has 1 aromatic carbocycles. The van der Waals surface area contributed by atoms with E-state index in [-0.39, 0.29) is 17.6 Å². The number of nitrogens with one attached hydrogen (secondary N) is 2. The minimum absolute atomic E-state index is 0.104. The molecule has 140 valence electrons. The van der Waals surface area contributed by atoms with E-state index in [2.05, 4.69) is 20.8 Å². The van der Waals surface area contributed by atoms with Gasteiger partial charge in [-0.3, -0.25) is 9.59 Å². The molecule has 0 bridgehead atoms. The number of nitrogens with zero attached hydrogens (tertiary/aromatic N) is 2. The monoisotopic (exact) mass is 418 g/mol. The molecule has 0 fully saturated rings. The summed E-state index contributed by atoms with van der Waals surface area (Å²) in [6, 6.07) is 9.77. The zero-order valence-electron chi connectivity index (χ0n) is 14.8. The first kappa shape index (κ1) is 19.5. The second-order valence-electron chi connectivity index (χ2n) is 5.83. The number of thioether (sulfide) groups is 1. The zero-order valence-corrected chi connectivity index (χ0v) is 17.3. The summed E-state index contributed by atoms with van der Waals surface area (Å²) in [4.78, 5) is 25.1. The highest BCUT2D eigenvalue weighted by atomic mass is 32.2. The van der Waals surface area contributed by atoms with Crippen LogP contribution in [0.15, 0.2) is 40.1 Å². The maximum absolute atomic E-state index is 12.2. The first-order valence-electron chi connectivity index (χ1n) is 8.15. The molecule has 9 heteroatoms. The Labute approximate surface area is 169 Å². The lowest BCUT2D eigenvalue weighted by Gasteiger charge is -2.08. The van der Waals surface area contributed by atoms with E-state index in [0.29, 0.717) is 15.9 Å². The summed E-state index contributed by atoms with van der Waals surface area (Å²) in [5, 5.41) is 16.0. The van der Waals surface area contributed by atoms with Gasteiger partial charge in [0.2, 0.25) is 16.9 Å². The van der Waals surface area contributed by atoms with Gasteiger partial charge in [-0.25, -0.2) is 0 Å². The molecule has 0 aliphatic carbocycles. The Bertz CT molecular complexity index is 938. The lowest BCUT2D eigenvalue weighted by Crippen LogP contribution is -2.14. The quantitative estimate of drug-likeness (QED) is 0.445. The van der Waals surface area contributed by atoms with E-state index in [9.17, 15) is 9.59 Å². The summed E-state index contributed by atoms with van der Waals surface area (Å²) in [6.45, 7) is 3.94. The molecule has 6 nitrogen and oxygen atoms in total. The van der Waals surface area contributed by atoms with E-state index in [1.165, 1.54) is 34.4 Å². The molecule has 0 spiro atoms. The number of thiophene rings is 1. The number of hydrogen-bond donors (Lipinski definition) is 2. The van der Waals surface area contributed by atoms with E-state index in [0.717, 1.165) is 21.7 Å². The minimum atomic E-state index is -0.127. The van der Waals surface area contributed by atoms with Gasteiger partial charge in [-0.2, -0.15) is 0 Å². The van der Waals surface area contributed by atoms with E-state index in [1.54, 1.807) is 0 Å². The Kier molecular flexibility index (Phi) is 6.59. The highest BCUT2D eigenvalue weighted by Gasteiger charge is 2.12. The lowest BCUT2D eigenvalue weighted by atomic mass is 10.1. The number of amides is 2. The molecular weight excluding hydrogens is 400 g/mol. The fourth-order valence-electron chi connectivity index (χ4n) is 2.24. The summed E-state index contributed by atoms with van der Waals surface area (Å²) >= 11 is 4.09. The second-order valence-corrected chi connectivity index (χ2v) is 9.06. The van der Waals surface area contributed by atoms with Gasteiger partial charge in [0.25, 0.3) is 0 Å². The SMILES string of the molecule is Cc1ccc(C)c(NC(=O)CSc2nnc(NC(=O)Cc3cccs3)s2)c1. The molecule has 27 heavy (non-hydrogen) atoms. The summed E-state index contributed by atoms with van der Waals surface area (Å²) in [5.41, 5.74) is 2.93. The first-order chi connectivity index (χ1) is 13.0. The molecule has 0 atom stereocenters. The maximum atomic E-state index is 12.2. The zero-order chi connectivity index (χ0) is 19.2. The van der Waals surface area contributed by atoms with Crippen molar-refractivity contribution in [2.24, 2.45) is 0 Å². The molecule has 0 aliphatic rings. The van der Waals surface area contributed by atoms with Crippen molar-refractivity contribution in [1.82, 2.24) is 10.2 Å². The number of anilines is 2. The second kappa shape index (κ2) is 9.12. The molecule has 2 N–H and O–H groups in total. The third-order valence-electron chi connectivity index (χ3n) is 3.56. The summed E-state index contributed by atoms with van der Waals surface area (Å²) in [6.07, 6.45) is 0.317. The average molecular weight is 419 g/mol. The van der Waals surface area contributed by atoms with E-state index in [1.807, 2.05) is 49.6 Å². The number of rotatable bonds is 7. The molecular formula is C18H18N4O2S3. The molecule has 2 amide bonds. The lowest BCUT2D eigenvalue weighted by molar-refractivity contribution is -0.115. The maximum Gasteiger partial charge on any atom is 0.234 e. The summed E-state index contributed by atoms with van der Waals surface area (Å²) < 4.78 is 0.637. The Morgan fingerprint density at radius 1 is 1.11 bits per heavy atom. The predicted octanol–water partition coefficient (Wildman–Crippen LogP) is 4.13. The number of aryl methyl sites for hydroxylation is 2. The molecule has 0 saturated heterocycles. The number of aromatic nitrogens is 2. The highest BCUT2D eigenvalue weighted by Crippen LogP contribution is 2.26. The fraction of sp³-hybridized carbons (Fsp3) is 0.222. The van der Waals surface area contributed by atoms with E-state index in [4.69, 9.17) is 0 Å². The molecule has 0 saturated carbocycles. The topological polar surface area (TPSA) is 84.0 Å². The van der Waals surface area contributed by atoms with Crippen LogP contribution in [0, 0.1) is 13.8 Å². The van der Waals surface area contributed by atoms with Crippen LogP contribution in [-0.2, 0) is 16.0 Å². The van der Waals surface area contributed by atoms with Gasteiger partial charge < -0.3 is 10.6 Å². The molecule has 3 rings (SSSR count). The summed E-state index contributed by atoms with van der Waals surface area (Å²) in [7, 11) is 0. The van der Waals surface area contributed by atoms with Crippen molar-refractivity contribution in [2.75, 3.05) is 16.4 Å². The third kappa shape index (κ3) is 5.88. The highest BCUT2D eigenvalue weighted by molar-refractivity contribution is 8.01. The number of benzene rings is 1. The van der Waals surface area contributed by atoms with Crippen LogP contribution < -0.4 is 10.6 Å². The van der Waals surface area contributed by atoms with Gasteiger partial charge in [-0.15, -0.1) is 21.5 Å². The Balaban J connectivity index is 1.48. The van der Waals surface area contributed by atoms with Gasteiger partial charge >= 0.3 is 0 Å². The first-order valence-corrected chi connectivity index (χ1v) is 10.8. The van der Waals surface area contributed by atoms with Crippen molar-refractivity contribution >= 4 is 57.1 Å². The normalized spacial score (nSPS) is 10.6. The van der Waals surface area contributed by atoms with E-state index >= 15 is 0 Å². The van der Waals surface area contributed by atoms with Crippen LogP contribution in [0.3, 0.4) is 0 Å². The van der Waals surface area contributed by atoms with Crippen LogP contribution in [0.5, 0.6) is 0 Å². The number of hydrogen-bond acceptors (Lipinski definition) is 7. The van der Waals surface area contributed by atoms with Gasteiger partial charge in [0.05, 0.1) is 12.2 Å². The van der Waals surface area contributed by atoms with Crippen LogP contribution in [0.2, 0.25) is 0 Å². The molecule has 3 aromatic rings. The standard InChI is InChI=1S/C18H18N4O2S3/c1-11-5-6-12(2)14(8-11)19-16(24)10-26-18-22-21-17(27-18)20-15(23)9-13-4-3-7-25-13/h3-8H,9-10H2,1-2H3,(H,19,24)(H,20,21,23). The van der Waals surface area contributed by atoms with Crippen molar-refractivity contribution in [3.8, 4) is 0 Å². The van der Waals surface area contributed by atoms with Crippen LogP contribution in [0.1, 0.15) is 16.0 Å². The van der Waals surface area contributed by atoms with Gasteiger partial charge in [0.15, 0.2) is 4.34 Å². The Hall–Kier alpha value is -2.23. The van der Waals surface area contributed by atoms with Crippen molar-refractivity contribution in [1.29, 1.82) is 0 Å². The van der Waals surface area contributed by atoms with Gasteiger partial charge in [-0.05, 0) is 42.5 Å². The van der Waals surface area contributed by atoms with E-state index < -0.39 is 0 Å². The molecule has 0 aliphatic heterocycles. The number of carbonyl (C=O) groups is 2. The van der Waals surface area contributed by atoms with Crippen molar-refractivity contribution in [3.63, 3.8) is 0 Å². The van der Waals surface area contributed by atoms with Crippen molar-refractivity contribution < 1.29 is 9.59 Å².